The maximum atomic E-state index is 12.7. The number of hydrogen-bond acceptors (Lipinski definition) is 7. The molecule has 2 aliphatic carbocycles. The van der Waals surface area contributed by atoms with Crippen molar-refractivity contribution < 1.29 is 18.3 Å². The third kappa shape index (κ3) is 3.20. The second kappa shape index (κ2) is 6.81. The fraction of sp³-hybridized carbons (Fsp3) is 0.571. The molecule has 2 aliphatic heterocycles. The van der Waals surface area contributed by atoms with Gasteiger partial charge in [-0.25, -0.2) is 15.0 Å². The number of nitrogens with zero attached hydrogens (tertiary/aromatic N) is 4. The van der Waals surface area contributed by atoms with Crippen molar-refractivity contribution in [3.05, 3.63) is 29.8 Å². The van der Waals surface area contributed by atoms with Gasteiger partial charge in [-0.1, -0.05) is 0 Å². The Hall–Kier alpha value is -2.39. The fourth-order valence-corrected chi connectivity index (χ4v) is 4.84. The smallest absolute Gasteiger partial charge is 0.387 e. The first-order chi connectivity index (χ1) is 14.6. The molecule has 2 aromatic heterocycles. The van der Waals surface area contributed by atoms with Gasteiger partial charge in [-0.05, 0) is 36.8 Å². The first kappa shape index (κ1) is 18.4. The van der Waals surface area contributed by atoms with Gasteiger partial charge in [0, 0.05) is 42.4 Å². The molecule has 2 saturated carbocycles. The minimum atomic E-state index is -2.96. The monoisotopic (exact) mass is 415 g/mol. The molecule has 7 nitrogen and oxygen atoms in total. The molecule has 4 fully saturated rings. The second-order valence-corrected chi connectivity index (χ2v) is 8.80. The second-order valence-electron chi connectivity index (χ2n) is 8.80. The molecule has 2 atom stereocenters. The van der Waals surface area contributed by atoms with Gasteiger partial charge in [0.2, 0.25) is 0 Å². The molecule has 9 heteroatoms. The number of pyridine rings is 1. The lowest BCUT2D eigenvalue weighted by Crippen LogP contribution is -2.48. The molecule has 2 aromatic rings. The SMILES string of the molecule is Nc1ncc(-c2cc(C3C4CN(C5COC5)CC43)nc(C3CC3)n2)cc1OC(F)F. The molecule has 0 aromatic carbocycles. The number of rotatable bonds is 6. The Balaban J connectivity index is 1.29. The van der Waals surface area contributed by atoms with E-state index in [0.29, 0.717) is 41.0 Å². The van der Waals surface area contributed by atoms with E-state index < -0.39 is 6.61 Å². The van der Waals surface area contributed by atoms with Crippen molar-refractivity contribution in [3.8, 4) is 17.0 Å². The summed E-state index contributed by atoms with van der Waals surface area (Å²) in [4.78, 5) is 16.2. The first-order valence-electron chi connectivity index (χ1n) is 10.5. The number of anilines is 1. The maximum Gasteiger partial charge on any atom is 0.387 e. The highest BCUT2D eigenvalue weighted by molar-refractivity contribution is 5.64. The van der Waals surface area contributed by atoms with Crippen molar-refractivity contribution >= 4 is 5.82 Å². The van der Waals surface area contributed by atoms with Crippen LogP contribution in [0.5, 0.6) is 5.75 Å². The van der Waals surface area contributed by atoms with Crippen LogP contribution in [0.15, 0.2) is 18.3 Å². The molecule has 4 aliphatic rings. The Morgan fingerprint density at radius 1 is 1.13 bits per heavy atom. The third-order valence-corrected chi connectivity index (χ3v) is 6.80. The number of alkyl halides is 2. The lowest BCUT2D eigenvalue weighted by atomic mass is 10.1. The summed E-state index contributed by atoms with van der Waals surface area (Å²) in [5.74, 6) is 2.75. The highest BCUT2D eigenvalue weighted by Crippen LogP contribution is 2.58. The van der Waals surface area contributed by atoms with Crippen molar-refractivity contribution in [2.75, 3.05) is 32.0 Å². The van der Waals surface area contributed by atoms with Gasteiger partial charge in [0.1, 0.15) is 5.82 Å². The molecular formula is C21H23F2N5O2. The van der Waals surface area contributed by atoms with Crippen LogP contribution in [0, 0.1) is 11.8 Å². The molecule has 30 heavy (non-hydrogen) atoms. The molecule has 0 amide bonds. The van der Waals surface area contributed by atoms with Gasteiger partial charge in [-0.3, -0.25) is 4.90 Å². The summed E-state index contributed by atoms with van der Waals surface area (Å²) in [6.07, 6.45) is 3.74. The minimum Gasteiger partial charge on any atom is -0.431 e. The molecule has 2 saturated heterocycles. The summed E-state index contributed by atoms with van der Waals surface area (Å²) < 4.78 is 35.2. The van der Waals surface area contributed by atoms with Crippen molar-refractivity contribution in [2.24, 2.45) is 11.8 Å². The normalized spacial score (nSPS) is 28.4. The van der Waals surface area contributed by atoms with E-state index in [4.69, 9.17) is 20.4 Å². The van der Waals surface area contributed by atoms with E-state index in [0.717, 1.165) is 50.7 Å². The predicted molar refractivity (Wildman–Crippen MR) is 104 cm³/mol. The Bertz CT molecular complexity index is 970. The van der Waals surface area contributed by atoms with Crippen LogP contribution < -0.4 is 10.5 Å². The average Bonchev–Trinajstić information content (AvgIpc) is 3.59. The third-order valence-electron chi connectivity index (χ3n) is 6.80. The van der Waals surface area contributed by atoms with Gasteiger partial charge in [0.05, 0.1) is 24.9 Å². The predicted octanol–water partition coefficient (Wildman–Crippen LogP) is 2.64. The highest BCUT2D eigenvalue weighted by atomic mass is 19.3. The molecule has 4 heterocycles. The highest BCUT2D eigenvalue weighted by Gasteiger charge is 2.58. The number of halogens is 2. The number of nitrogen functional groups attached to an aromatic ring is 1. The lowest BCUT2D eigenvalue weighted by molar-refractivity contribution is -0.0610. The van der Waals surface area contributed by atoms with E-state index in [9.17, 15) is 8.78 Å². The van der Waals surface area contributed by atoms with E-state index in [1.165, 1.54) is 6.07 Å². The van der Waals surface area contributed by atoms with Gasteiger partial charge in [0.15, 0.2) is 11.6 Å². The molecule has 0 radical (unpaired) electrons. The Morgan fingerprint density at radius 3 is 2.53 bits per heavy atom. The molecule has 2 unspecified atom stereocenters. The summed E-state index contributed by atoms with van der Waals surface area (Å²) in [6.45, 7) is 0.929. The van der Waals surface area contributed by atoms with Crippen molar-refractivity contribution in [1.29, 1.82) is 0 Å². The van der Waals surface area contributed by atoms with Crippen LogP contribution in [0.2, 0.25) is 0 Å². The van der Waals surface area contributed by atoms with Crippen molar-refractivity contribution in [3.63, 3.8) is 0 Å². The number of hydrogen-bond donors (Lipinski definition) is 1. The Morgan fingerprint density at radius 2 is 1.90 bits per heavy atom. The topological polar surface area (TPSA) is 86.4 Å². The Labute approximate surface area is 172 Å². The number of nitrogens with two attached hydrogens (primary N) is 1. The molecular weight excluding hydrogens is 392 g/mol. The van der Waals surface area contributed by atoms with Gasteiger partial charge in [-0.2, -0.15) is 8.78 Å². The average molecular weight is 415 g/mol. The number of likely N-dealkylation sites (tertiary alicyclic amines) is 1. The summed E-state index contributed by atoms with van der Waals surface area (Å²) >= 11 is 0. The molecule has 158 valence electrons. The summed E-state index contributed by atoms with van der Waals surface area (Å²) in [7, 11) is 0. The first-order valence-corrected chi connectivity index (χ1v) is 10.5. The molecule has 2 N–H and O–H groups in total. The zero-order valence-corrected chi connectivity index (χ0v) is 16.4. The van der Waals surface area contributed by atoms with Gasteiger partial charge >= 0.3 is 6.61 Å². The Kier molecular flexibility index (Phi) is 4.18. The fourth-order valence-electron chi connectivity index (χ4n) is 4.84. The van der Waals surface area contributed by atoms with Crippen LogP contribution in [0.4, 0.5) is 14.6 Å². The molecule has 6 rings (SSSR count). The lowest BCUT2D eigenvalue weighted by Gasteiger charge is -2.35. The zero-order chi connectivity index (χ0) is 20.4. The molecule has 0 bridgehead atoms. The van der Waals surface area contributed by atoms with E-state index in [2.05, 4.69) is 14.6 Å². The quantitative estimate of drug-likeness (QED) is 0.776. The van der Waals surface area contributed by atoms with Crippen LogP contribution in [-0.4, -0.2) is 58.8 Å². The summed E-state index contributed by atoms with van der Waals surface area (Å²) in [6, 6.07) is 4.06. The summed E-state index contributed by atoms with van der Waals surface area (Å²) in [5.41, 5.74) is 8.07. The van der Waals surface area contributed by atoms with E-state index in [1.807, 2.05) is 6.07 Å². The van der Waals surface area contributed by atoms with E-state index in [-0.39, 0.29) is 11.6 Å². The minimum absolute atomic E-state index is 0.0625. The number of fused-ring (bicyclic) bond motifs is 1. The van der Waals surface area contributed by atoms with E-state index >= 15 is 0 Å². The van der Waals surface area contributed by atoms with Crippen LogP contribution in [0.3, 0.4) is 0 Å². The van der Waals surface area contributed by atoms with Crippen molar-refractivity contribution in [2.45, 2.75) is 37.3 Å². The van der Waals surface area contributed by atoms with Gasteiger partial charge in [-0.15, -0.1) is 0 Å². The summed E-state index contributed by atoms with van der Waals surface area (Å²) in [5, 5.41) is 0. The number of piperidine rings is 1. The van der Waals surface area contributed by atoms with Crippen molar-refractivity contribution in [1.82, 2.24) is 19.9 Å². The van der Waals surface area contributed by atoms with Crippen LogP contribution in [0.25, 0.3) is 11.3 Å². The largest absolute Gasteiger partial charge is 0.431 e. The van der Waals surface area contributed by atoms with Gasteiger partial charge in [0.25, 0.3) is 0 Å². The van der Waals surface area contributed by atoms with Crippen LogP contribution >= 0.6 is 0 Å². The zero-order valence-electron chi connectivity index (χ0n) is 16.4. The van der Waals surface area contributed by atoms with E-state index in [1.54, 1.807) is 6.20 Å². The van der Waals surface area contributed by atoms with Crippen LogP contribution in [0.1, 0.15) is 36.2 Å². The number of aromatic nitrogens is 3. The molecule has 0 spiro atoms. The standard InChI is InChI=1S/C21H23F2N5O2/c22-21(23)30-17-3-11(5-25-19(17)24)15-4-16(27-20(26-15)10-1-2-10)18-13-6-28(7-14(13)18)12-8-29-9-12/h3-5,10,12-14,18,21H,1-2,6-9H2,(H2,24,25). The number of ether oxygens (including phenoxy) is 2. The maximum absolute atomic E-state index is 12.7. The van der Waals surface area contributed by atoms with Gasteiger partial charge < -0.3 is 15.2 Å². The van der Waals surface area contributed by atoms with Crippen LogP contribution in [-0.2, 0) is 4.74 Å².